The number of ether oxygens (including phenoxy) is 3. The molecule has 0 aromatic heterocycles. The topological polar surface area (TPSA) is 78.9 Å². The first-order valence-corrected chi connectivity index (χ1v) is 24.4. The van der Waals surface area contributed by atoms with E-state index < -0.39 is 6.10 Å². The number of carbonyl (C=O) groups is 3. The second-order valence-electron chi connectivity index (χ2n) is 15.7. The lowest BCUT2D eigenvalue weighted by molar-refractivity contribution is -0.167. The highest BCUT2D eigenvalue weighted by Gasteiger charge is 2.19. The van der Waals surface area contributed by atoms with Gasteiger partial charge in [-0.1, -0.05) is 194 Å². The van der Waals surface area contributed by atoms with Gasteiger partial charge in [0.1, 0.15) is 13.2 Å². The molecule has 0 spiro atoms. The predicted molar refractivity (Wildman–Crippen MR) is 260 cm³/mol. The molecular formula is C55H88O6. The number of allylic oxidation sites excluding steroid dienone is 18. The van der Waals surface area contributed by atoms with Crippen LogP contribution in [0.3, 0.4) is 0 Å². The van der Waals surface area contributed by atoms with Crippen molar-refractivity contribution >= 4 is 17.9 Å². The highest BCUT2D eigenvalue weighted by atomic mass is 16.6. The van der Waals surface area contributed by atoms with E-state index >= 15 is 0 Å². The molecule has 0 N–H and O–H groups in total. The lowest BCUT2D eigenvalue weighted by Crippen LogP contribution is -2.30. The van der Waals surface area contributed by atoms with Gasteiger partial charge in [0, 0.05) is 19.3 Å². The Morgan fingerprint density at radius 2 is 0.672 bits per heavy atom. The number of rotatable bonds is 42. The Balaban J connectivity index is 4.39. The standard InChI is InChI=1S/C55H88O6/c1-4-7-10-13-16-19-21-23-25-26-27-28-30-31-33-36-39-42-45-48-54(57)60-51-52(50-59-53(56)47-44-41-38-35-18-15-12-9-6-3)61-55(58)49-46-43-40-37-34-32-29-24-22-20-17-14-11-8-5-2/h7-12,14,16-20,22-25,29,35,52H,4-6,13,15,21,26-28,30-34,36-51H2,1-3H3/b10-7-,11-8-,12-9-,17-14-,19-16-,22-20-,25-23-,29-24-,35-18-. The van der Waals surface area contributed by atoms with Crippen molar-refractivity contribution in [2.45, 2.75) is 207 Å². The Morgan fingerprint density at radius 3 is 1.15 bits per heavy atom. The molecule has 0 aromatic rings. The molecule has 61 heavy (non-hydrogen) atoms. The van der Waals surface area contributed by atoms with E-state index in [2.05, 4.69) is 106 Å². The van der Waals surface area contributed by atoms with Crippen LogP contribution in [-0.2, 0) is 28.6 Å². The van der Waals surface area contributed by atoms with Crippen molar-refractivity contribution in [1.82, 2.24) is 0 Å². The van der Waals surface area contributed by atoms with Crippen LogP contribution in [0.15, 0.2) is 109 Å². The second-order valence-corrected chi connectivity index (χ2v) is 15.7. The monoisotopic (exact) mass is 845 g/mol. The molecule has 6 heteroatoms. The molecule has 344 valence electrons. The second kappa shape index (κ2) is 48.7. The van der Waals surface area contributed by atoms with Gasteiger partial charge in [-0.25, -0.2) is 0 Å². The number of unbranched alkanes of at least 4 members (excludes halogenated alkanes) is 16. The Hall–Kier alpha value is -3.93. The SMILES string of the molecule is CC\C=C/C=C\C=C/C=C\CCCCCCCC(=O)OC(COC(=O)CCCC/C=C\C/C=C\CC)COC(=O)CCCCCCCCCCC/C=C\C/C=C\C/C=C\CC. The Morgan fingerprint density at radius 1 is 0.344 bits per heavy atom. The lowest BCUT2D eigenvalue weighted by Gasteiger charge is -2.18. The van der Waals surface area contributed by atoms with E-state index in [1.807, 2.05) is 24.3 Å². The summed E-state index contributed by atoms with van der Waals surface area (Å²) in [7, 11) is 0. The molecule has 0 rings (SSSR count). The molecule has 0 aliphatic heterocycles. The summed E-state index contributed by atoms with van der Waals surface area (Å²) in [5.74, 6) is -0.979. The van der Waals surface area contributed by atoms with E-state index in [4.69, 9.17) is 14.2 Å². The summed E-state index contributed by atoms with van der Waals surface area (Å²) in [6.45, 7) is 6.19. The van der Waals surface area contributed by atoms with Gasteiger partial charge < -0.3 is 14.2 Å². The fourth-order valence-electron chi connectivity index (χ4n) is 6.27. The molecule has 0 bridgehead atoms. The molecule has 0 heterocycles. The molecule has 0 radical (unpaired) electrons. The summed E-state index contributed by atoms with van der Waals surface area (Å²) in [4.78, 5) is 37.8. The zero-order valence-corrected chi connectivity index (χ0v) is 39.1. The first kappa shape index (κ1) is 57.1. The average molecular weight is 845 g/mol. The molecule has 0 amide bonds. The van der Waals surface area contributed by atoms with E-state index in [0.717, 1.165) is 116 Å². The van der Waals surface area contributed by atoms with Crippen LogP contribution in [0.25, 0.3) is 0 Å². The average Bonchev–Trinajstić information content (AvgIpc) is 3.26. The van der Waals surface area contributed by atoms with E-state index in [1.54, 1.807) is 0 Å². The molecule has 1 atom stereocenters. The molecule has 0 saturated carbocycles. The van der Waals surface area contributed by atoms with E-state index in [-0.39, 0.29) is 31.1 Å². The van der Waals surface area contributed by atoms with Gasteiger partial charge in [0.25, 0.3) is 0 Å². The normalized spacial score (nSPS) is 13.0. The molecular weight excluding hydrogens is 757 g/mol. The van der Waals surface area contributed by atoms with Gasteiger partial charge in [0.15, 0.2) is 6.10 Å². The van der Waals surface area contributed by atoms with E-state index in [1.165, 1.54) is 44.9 Å². The highest BCUT2D eigenvalue weighted by Crippen LogP contribution is 2.14. The molecule has 0 fully saturated rings. The third-order valence-electron chi connectivity index (χ3n) is 9.85. The van der Waals surface area contributed by atoms with Gasteiger partial charge in [-0.15, -0.1) is 0 Å². The van der Waals surface area contributed by atoms with Crippen molar-refractivity contribution in [2.24, 2.45) is 0 Å². The minimum atomic E-state index is -0.806. The maximum absolute atomic E-state index is 12.7. The maximum Gasteiger partial charge on any atom is 0.306 e. The van der Waals surface area contributed by atoms with Gasteiger partial charge >= 0.3 is 17.9 Å². The summed E-state index contributed by atoms with van der Waals surface area (Å²) >= 11 is 0. The quantitative estimate of drug-likeness (QED) is 0.0200. The number of carbonyl (C=O) groups excluding carboxylic acids is 3. The van der Waals surface area contributed by atoms with Crippen LogP contribution in [0.2, 0.25) is 0 Å². The third kappa shape index (κ3) is 47.0. The Kier molecular flexibility index (Phi) is 45.6. The summed E-state index contributed by atoms with van der Waals surface area (Å²) < 4.78 is 16.7. The van der Waals surface area contributed by atoms with Crippen molar-refractivity contribution < 1.29 is 28.6 Å². The fourth-order valence-corrected chi connectivity index (χ4v) is 6.27. The largest absolute Gasteiger partial charge is 0.462 e. The van der Waals surface area contributed by atoms with Crippen LogP contribution >= 0.6 is 0 Å². The zero-order valence-electron chi connectivity index (χ0n) is 39.1. The van der Waals surface area contributed by atoms with Crippen molar-refractivity contribution in [2.75, 3.05) is 13.2 Å². The molecule has 0 saturated heterocycles. The van der Waals surface area contributed by atoms with E-state index in [9.17, 15) is 14.4 Å². The van der Waals surface area contributed by atoms with Gasteiger partial charge in [-0.2, -0.15) is 0 Å². The Labute approximate surface area is 374 Å². The molecule has 0 aliphatic carbocycles. The number of hydrogen-bond donors (Lipinski definition) is 0. The van der Waals surface area contributed by atoms with Crippen LogP contribution in [0, 0.1) is 0 Å². The van der Waals surface area contributed by atoms with E-state index in [0.29, 0.717) is 19.3 Å². The van der Waals surface area contributed by atoms with Crippen molar-refractivity contribution in [3.8, 4) is 0 Å². The molecule has 0 aromatic carbocycles. The summed E-state index contributed by atoms with van der Waals surface area (Å²) in [6, 6.07) is 0. The van der Waals surface area contributed by atoms with Gasteiger partial charge in [0.05, 0.1) is 0 Å². The number of esters is 3. The van der Waals surface area contributed by atoms with Crippen LogP contribution in [-0.4, -0.2) is 37.2 Å². The van der Waals surface area contributed by atoms with Crippen molar-refractivity contribution in [3.63, 3.8) is 0 Å². The Bertz CT molecular complexity index is 1290. The first-order chi connectivity index (χ1) is 30.0. The molecule has 0 aliphatic rings. The minimum Gasteiger partial charge on any atom is -0.462 e. The lowest BCUT2D eigenvalue weighted by atomic mass is 10.1. The number of hydrogen-bond acceptors (Lipinski definition) is 6. The third-order valence-corrected chi connectivity index (χ3v) is 9.85. The van der Waals surface area contributed by atoms with Gasteiger partial charge in [-0.05, 0) is 96.3 Å². The highest BCUT2D eigenvalue weighted by molar-refractivity contribution is 5.71. The van der Waals surface area contributed by atoms with Crippen LogP contribution in [0.1, 0.15) is 201 Å². The molecule has 6 nitrogen and oxygen atoms in total. The summed E-state index contributed by atoms with van der Waals surface area (Å²) in [6.07, 6.45) is 65.1. The van der Waals surface area contributed by atoms with Gasteiger partial charge in [0.2, 0.25) is 0 Å². The zero-order chi connectivity index (χ0) is 44.4. The van der Waals surface area contributed by atoms with Crippen LogP contribution in [0.4, 0.5) is 0 Å². The molecule has 1 unspecified atom stereocenters. The van der Waals surface area contributed by atoms with Crippen LogP contribution < -0.4 is 0 Å². The van der Waals surface area contributed by atoms with Crippen LogP contribution in [0.5, 0.6) is 0 Å². The van der Waals surface area contributed by atoms with Crippen molar-refractivity contribution in [3.05, 3.63) is 109 Å². The maximum atomic E-state index is 12.7. The minimum absolute atomic E-state index is 0.103. The van der Waals surface area contributed by atoms with Crippen molar-refractivity contribution in [1.29, 1.82) is 0 Å². The first-order valence-electron chi connectivity index (χ1n) is 24.4. The summed E-state index contributed by atoms with van der Waals surface area (Å²) in [5.41, 5.74) is 0. The predicted octanol–water partition coefficient (Wildman–Crippen LogP) is 16.0. The fraction of sp³-hybridized carbons (Fsp3) is 0.618. The van der Waals surface area contributed by atoms with Gasteiger partial charge in [-0.3, -0.25) is 14.4 Å². The summed E-state index contributed by atoms with van der Waals surface area (Å²) in [5, 5.41) is 0. The smallest absolute Gasteiger partial charge is 0.306 e.